The maximum atomic E-state index is 2.75. The molecule has 2 aliphatic rings. The third-order valence-electron chi connectivity index (χ3n) is 21.7. The van der Waals surface area contributed by atoms with Crippen LogP contribution in [0.2, 0.25) is 0 Å². The first-order chi connectivity index (χ1) is 49.5. The summed E-state index contributed by atoms with van der Waals surface area (Å²) in [6, 6.07) is 120. The van der Waals surface area contributed by atoms with Crippen LogP contribution in [-0.2, 0) is 16.2 Å². The minimum absolute atomic E-state index is 0.173. The normalized spacial score (nSPS) is 12.9. The fraction of sp³-hybridized carbons (Fsp3) is 0.122. The lowest BCUT2D eigenvalue weighted by Gasteiger charge is -2.47. The Labute approximate surface area is 604 Å². The molecule has 16 aromatic rings. The number of anilines is 6. The first kappa shape index (κ1) is 62.9. The van der Waals surface area contributed by atoms with Crippen molar-refractivity contribution in [1.29, 1.82) is 0 Å². The maximum absolute atomic E-state index is 2.75. The van der Waals surface area contributed by atoms with Gasteiger partial charge in [-0.1, -0.05) is 317 Å². The summed E-state index contributed by atoms with van der Waals surface area (Å²) < 4.78 is 2.60. The van der Waals surface area contributed by atoms with Crippen LogP contribution in [0.5, 0.6) is 0 Å². The smallest absolute Gasteiger partial charge is 0.252 e. The van der Waals surface area contributed by atoms with Crippen LogP contribution in [0.1, 0.15) is 79.0 Å². The van der Waals surface area contributed by atoms with E-state index in [-0.39, 0.29) is 23.0 Å². The molecule has 3 heterocycles. The number of nitrogens with zero attached hydrogens (tertiary/aromatic N) is 2. The van der Waals surface area contributed by atoms with E-state index in [0.29, 0.717) is 0 Å². The summed E-state index contributed by atoms with van der Waals surface area (Å²) in [5, 5.41) is 7.51. The number of hydrogen-bond acceptors (Lipinski definition) is 3. The van der Waals surface area contributed by atoms with Crippen molar-refractivity contribution in [2.75, 3.05) is 9.80 Å². The fourth-order valence-electron chi connectivity index (χ4n) is 16.5. The molecule has 0 bridgehead atoms. The number of fused-ring (bicyclic) bond motifs is 9. The number of benzene rings is 15. The zero-order valence-electron chi connectivity index (χ0n) is 59.4. The van der Waals surface area contributed by atoms with Crippen LogP contribution >= 0.6 is 11.3 Å². The summed E-state index contributed by atoms with van der Waals surface area (Å²) in [5.41, 5.74) is 30.5. The Balaban J connectivity index is 1.02. The molecule has 0 saturated carbocycles. The Morgan fingerprint density at radius 2 is 0.598 bits per heavy atom. The quantitative estimate of drug-likeness (QED) is 0.105. The number of rotatable bonds is 9. The summed E-state index contributed by atoms with van der Waals surface area (Å²) in [5.74, 6) is 0. The lowest BCUT2D eigenvalue weighted by molar-refractivity contribution is 0.590. The van der Waals surface area contributed by atoms with Crippen LogP contribution in [0.3, 0.4) is 0 Å². The van der Waals surface area contributed by atoms with E-state index in [1.54, 1.807) is 0 Å². The molecule has 1 aromatic heterocycles. The molecule has 15 aromatic carbocycles. The van der Waals surface area contributed by atoms with E-state index in [9.17, 15) is 0 Å². The summed E-state index contributed by atoms with van der Waals surface area (Å²) >= 11 is 1.88. The Kier molecular flexibility index (Phi) is 14.9. The first-order valence-electron chi connectivity index (χ1n) is 36.1. The van der Waals surface area contributed by atoms with Gasteiger partial charge in [-0.3, -0.25) is 0 Å². The van der Waals surface area contributed by atoms with Gasteiger partial charge in [0.1, 0.15) is 0 Å². The van der Waals surface area contributed by atoms with Crippen molar-refractivity contribution in [1.82, 2.24) is 0 Å². The fourth-order valence-corrected chi connectivity index (χ4v) is 17.6. The molecule has 0 amide bonds. The molecule has 0 saturated heterocycles. The zero-order valence-corrected chi connectivity index (χ0v) is 60.2. The summed E-state index contributed by atoms with van der Waals surface area (Å²) in [7, 11) is 0. The summed E-state index contributed by atoms with van der Waals surface area (Å²) in [4.78, 5) is 5.48. The lowest BCUT2D eigenvalue weighted by atomic mass is 9.33. The zero-order chi connectivity index (χ0) is 69.3. The molecule has 0 aliphatic carbocycles. The molecule has 2 aliphatic heterocycles. The highest BCUT2D eigenvalue weighted by atomic mass is 32.1. The van der Waals surface area contributed by atoms with Gasteiger partial charge >= 0.3 is 0 Å². The van der Waals surface area contributed by atoms with Crippen molar-refractivity contribution in [3.8, 4) is 77.9 Å². The molecule has 490 valence electrons. The SMILES string of the molecule is CC(C)(C)c1cc(-c2ccccc2)c(N2c3ccc(-c4ccc5c(c4)sc4ccccc45)cc3B3c4ccc(-c5c6ccccc6c(-c6ccccc6)c6ccccc56)cc4N(c4c(-c5ccccc5)cc(C(C)(C)C)cc4-c4ccccc4)c4cc(C(C)(C)C)cc2c43)c(-c2ccccc2)c1. The molecule has 0 radical (unpaired) electrons. The van der Waals surface area contributed by atoms with Crippen molar-refractivity contribution in [2.45, 2.75) is 78.6 Å². The highest BCUT2D eigenvalue weighted by Gasteiger charge is 2.47. The number of thiophene rings is 1. The molecule has 0 atom stereocenters. The second kappa shape index (κ2) is 24.2. The van der Waals surface area contributed by atoms with Crippen LogP contribution in [0, 0.1) is 0 Å². The van der Waals surface area contributed by atoms with E-state index in [0.717, 1.165) is 39.4 Å². The molecule has 0 unspecified atom stereocenters. The molecule has 4 heteroatoms. The van der Waals surface area contributed by atoms with E-state index in [1.807, 2.05) is 11.3 Å². The van der Waals surface area contributed by atoms with Crippen molar-refractivity contribution >= 4 is 110 Å². The lowest BCUT2D eigenvalue weighted by Crippen LogP contribution is -2.61. The molecule has 18 rings (SSSR count). The molecule has 2 nitrogen and oxygen atoms in total. The van der Waals surface area contributed by atoms with E-state index in [4.69, 9.17) is 0 Å². The van der Waals surface area contributed by atoms with Crippen LogP contribution in [-0.4, -0.2) is 6.71 Å². The van der Waals surface area contributed by atoms with Gasteiger partial charge in [-0.2, -0.15) is 0 Å². The standard InChI is InChI=1S/C98H79BN2S/c1-96(2,3)70-56-79(62-31-15-10-16-32-62)94(80(57-70)63-33-17-11-18-34-63)100-85-52-49-67(68-47-50-74-73-41-29-30-46-89(73)102-90(74)55-68)53-84(85)99-83-51-48-69(92-77-44-27-25-42-75(77)91(66-39-23-14-24-40-66)76-43-26-28-45-78(76)92)54-86(83)101(88-61-72(98(7,8)9)60-87(100)93(88)99)95-81(64-35-19-12-20-36-64)58-71(97(4,5)6)59-82(95)65-37-21-13-22-38-65/h10-61H,1-9H3. The van der Waals surface area contributed by atoms with Crippen LogP contribution < -0.4 is 26.2 Å². The van der Waals surface area contributed by atoms with Gasteiger partial charge in [-0.15, -0.1) is 11.3 Å². The Hall–Kier alpha value is -11.3. The van der Waals surface area contributed by atoms with Crippen molar-refractivity contribution < 1.29 is 0 Å². The van der Waals surface area contributed by atoms with E-state index < -0.39 is 0 Å². The first-order valence-corrected chi connectivity index (χ1v) is 36.9. The van der Waals surface area contributed by atoms with Gasteiger partial charge in [0, 0.05) is 65.2 Å². The van der Waals surface area contributed by atoms with E-state index in [2.05, 4.69) is 388 Å². The second-order valence-corrected chi connectivity index (χ2v) is 32.2. The largest absolute Gasteiger partial charge is 0.310 e. The highest BCUT2D eigenvalue weighted by molar-refractivity contribution is 7.25. The summed E-state index contributed by atoms with van der Waals surface area (Å²) in [6.07, 6.45) is 0. The van der Waals surface area contributed by atoms with Crippen LogP contribution in [0.25, 0.3) is 120 Å². The van der Waals surface area contributed by atoms with E-state index >= 15 is 0 Å². The molecule has 0 N–H and O–H groups in total. The van der Waals surface area contributed by atoms with Gasteiger partial charge in [0.05, 0.1) is 11.4 Å². The minimum Gasteiger partial charge on any atom is -0.310 e. The van der Waals surface area contributed by atoms with Gasteiger partial charge in [-0.25, -0.2) is 0 Å². The van der Waals surface area contributed by atoms with Gasteiger partial charge in [-0.05, 0) is 187 Å². The number of hydrogen-bond donors (Lipinski definition) is 0. The van der Waals surface area contributed by atoms with Crippen LogP contribution in [0.15, 0.2) is 315 Å². The van der Waals surface area contributed by atoms with Gasteiger partial charge in [0.2, 0.25) is 0 Å². The third-order valence-corrected chi connectivity index (χ3v) is 22.8. The highest BCUT2D eigenvalue weighted by Crippen LogP contribution is 2.56. The molecule has 0 fully saturated rings. The van der Waals surface area contributed by atoms with Crippen molar-refractivity contribution in [2.24, 2.45) is 0 Å². The van der Waals surface area contributed by atoms with Gasteiger partial charge in [0.25, 0.3) is 6.71 Å². The van der Waals surface area contributed by atoms with Gasteiger partial charge < -0.3 is 9.80 Å². The Morgan fingerprint density at radius 3 is 1.05 bits per heavy atom. The predicted molar refractivity (Wildman–Crippen MR) is 443 cm³/mol. The topological polar surface area (TPSA) is 6.48 Å². The predicted octanol–water partition coefficient (Wildman–Crippen LogP) is 26.0. The van der Waals surface area contributed by atoms with E-state index in [1.165, 1.54) is 147 Å². The minimum atomic E-state index is -0.310. The van der Waals surface area contributed by atoms with Crippen LogP contribution in [0.4, 0.5) is 34.1 Å². The maximum Gasteiger partial charge on any atom is 0.252 e. The Morgan fingerprint density at radius 1 is 0.245 bits per heavy atom. The molecular formula is C98H79BN2S. The van der Waals surface area contributed by atoms with Crippen molar-refractivity contribution in [3.63, 3.8) is 0 Å². The van der Waals surface area contributed by atoms with Crippen molar-refractivity contribution in [3.05, 3.63) is 332 Å². The Bertz CT molecular complexity index is 5810. The second-order valence-electron chi connectivity index (χ2n) is 31.1. The average molecular weight is 1330 g/mol. The molecule has 0 spiro atoms. The monoisotopic (exact) mass is 1330 g/mol. The molecular weight excluding hydrogens is 1250 g/mol. The molecule has 102 heavy (non-hydrogen) atoms. The van der Waals surface area contributed by atoms with Gasteiger partial charge in [0.15, 0.2) is 0 Å². The summed E-state index contributed by atoms with van der Waals surface area (Å²) in [6.45, 7) is 21.1. The average Bonchev–Trinajstić information content (AvgIpc) is 0.763. The third kappa shape index (κ3) is 10.5.